The van der Waals surface area contributed by atoms with Crippen molar-refractivity contribution in [1.29, 1.82) is 0 Å². The molecule has 0 aliphatic heterocycles. The Balaban J connectivity index is 1.97. The Bertz CT molecular complexity index is 809. The Morgan fingerprint density at radius 3 is 2.86 bits per heavy atom. The number of aryl methyl sites for hydroxylation is 1. The number of rotatable bonds is 4. The van der Waals surface area contributed by atoms with Gasteiger partial charge in [0.1, 0.15) is 10.8 Å². The van der Waals surface area contributed by atoms with E-state index >= 15 is 0 Å². The molecule has 5 nitrogen and oxygen atoms in total. The maximum Gasteiger partial charge on any atom is 0.137 e. The molecule has 3 N–H and O–H groups in total. The molecule has 2 aromatic heterocycles. The Labute approximate surface area is 127 Å². The third-order valence-corrected chi connectivity index (χ3v) is 3.57. The molecule has 0 fully saturated rings. The van der Waals surface area contributed by atoms with E-state index in [9.17, 15) is 0 Å². The van der Waals surface area contributed by atoms with E-state index in [0.29, 0.717) is 17.4 Å². The van der Waals surface area contributed by atoms with Crippen molar-refractivity contribution in [2.45, 2.75) is 6.54 Å². The largest absolute Gasteiger partial charge is 0.389 e. The van der Waals surface area contributed by atoms with Crippen LogP contribution in [0.3, 0.4) is 0 Å². The standard InChI is InChI=1S/C15H15N5S/c1-20-11(6-7-18-20)9-17-15-12(14(16)21)8-10-4-2-3-5-13(10)19-15/h2-8H,9H2,1H3,(H2,16,21)(H,17,19). The van der Waals surface area contributed by atoms with Gasteiger partial charge in [-0.25, -0.2) is 4.98 Å². The van der Waals surface area contributed by atoms with E-state index in [-0.39, 0.29) is 0 Å². The first-order chi connectivity index (χ1) is 10.1. The van der Waals surface area contributed by atoms with E-state index in [1.807, 2.05) is 48.1 Å². The molecular weight excluding hydrogens is 282 g/mol. The van der Waals surface area contributed by atoms with Gasteiger partial charge in [0.2, 0.25) is 0 Å². The summed E-state index contributed by atoms with van der Waals surface area (Å²) in [6.45, 7) is 0.609. The maximum atomic E-state index is 5.82. The number of aromatic nitrogens is 3. The fourth-order valence-electron chi connectivity index (χ4n) is 2.19. The van der Waals surface area contributed by atoms with Crippen molar-refractivity contribution in [2.75, 3.05) is 5.32 Å². The summed E-state index contributed by atoms with van der Waals surface area (Å²) in [5, 5.41) is 8.45. The summed E-state index contributed by atoms with van der Waals surface area (Å²) >= 11 is 5.13. The first-order valence-corrected chi connectivity index (χ1v) is 6.96. The zero-order valence-electron chi connectivity index (χ0n) is 11.6. The molecule has 0 amide bonds. The number of pyridine rings is 1. The molecule has 0 saturated heterocycles. The third-order valence-electron chi connectivity index (χ3n) is 3.35. The molecule has 0 atom stereocenters. The van der Waals surface area contributed by atoms with Crippen LogP contribution in [-0.2, 0) is 13.6 Å². The van der Waals surface area contributed by atoms with Gasteiger partial charge in [-0.05, 0) is 18.2 Å². The van der Waals surface area contributed by atoms with Crippen molar-refractivity contribution in [3.05, 3.63) is 53.9 Å². The fraction of sp³-hybridized carbons (Fsp3) is 0.133. The summed E-state index contributed by atoms with van der Waals surface area (Å²) in [4.78, 5) is 4.95. The average Bonchev–Trinajstić information content (AvgIpc) is 2.89. The third kappa shape index (κ3) is 2.71. The molecule has 3 rings (SSSR count). The van der Waals surface area contributed by atoms with E-state index in [4.69, 9.17) is 18.0 Å². The molecule has 1 aromatic carbocycles. The zero-order valence-corrected chi connectivity index (χ0v) is 12.4. The summed E-state index contributed by atoms with van der Waals surface area (Å²) in [5.74, 6) is 0.697. The molecule has 2 heterocycles. The molecule has 3 aromatic rings. The van der Waals surface area contributed by atoms with Crippen LogP contribution in [0.5, 0.6) is 0 Å². The van der Waals surface area contributed by atoms with Crippen molar-refractivity contribution in [1.82, 2.24) is 14.8 Å². The Morgan fingerprint density at radius 1 is 1.33 bits per heavy atom. The van der Waals surface area contributed by atoms with E-state index in [0.717, 1.165) is 22.2 Å². The molecule has 21 heavy (non-hydrogen) atoms. The number of nitrogens with one attached hydrogen (secondary N) is 1. The van der Waals surface area contributed by atoms with Crippen LogP contribution >= 0.6 is 12.2 Å². The fourth-order valence-corrected chi connectivity index (χ4v) is 2.34. The number of para-hydroxylation sites is 1. The first kappa shape index (κ1) is 13.5. The SMILES string of the molecule is Cn1nccc1CNc1nc2ccccc2cc1C(N)=S. The normalized spacial score (nSPS) is 10.7. The van der Waals surface area contributed by atoms with Crippen LogP contribution in [0.1, 0.15) is 11.3 Å². The first-order valence-electron chi connectivity index (χ1n) is 6.55. The molecule has 106 valence electrons. The number of benzene rings is 1. The number of nitrogens with two attached hydrogens (primary N) is 1. The predicted octanol–water partition coefficient (Wildman–Crippen LogP) is 2.21. The predicted molar refractivity (Wildman–Crippen MR) is 88.2 cm³/mol. The van der Waals surface area contributed by atoms with Crippen LogP contribution < -0.4 is 11.1 Å². The quantitative estimate of drug-likeness (QED) is 0.723. The Morgan fingerprint density at radius 2 is 2.14 bits per heavy atom. The van der Waals surface area contributed by atoms with Crippen molar-refractivity contribution in [3.8, 4) is 0 Å². The lowest BCUT2D eigenvalue weighted by Gasteiger charge is -2.12. The van der Waals surface area contributed by atoms with E-state index < -0.39 is 0 Å². The molecular formula is C15H15N5S. The van der Waals surface area contributed by atoms with Gasteiger partial charge in [-0.1, -0.05) is 30.4 Å². The minimum absolute atomic E-state index is 0.334. The van der Waals surface area contributed by atoms with E-state index in [1.165, 1.54) is 0 Å². The summed E-state index contributed by atoms with van der Waals surface area (Å²) in [6.07, 6.45) is 1.76. The van der Waals surface area contributed by atoms with Gasteiger partial charge in [-0.15, -0.1) is 0 Å². The molecule has 0 aliphatic rings. The topological polar surface area (TPSA) is 68.8 Å². The van der Waals surface area contributed by atoms with Gasteiger partial charge in [0.15, 0.2) is 0 Å². The molecule has 6 heteroatoms. The lowest BCUT2D eigenvalue weighted by molar-refractivity contribution is 0.720. The smallest absolute Gasteiger partial charge is 0.137 e. The highest BCUT2D eigenvalue weighted by Crippen LogP contribution is 2.21. The molecule has 0 saturated carbocycles. The van der Waals surface area contributed by atoms with Gasteiger partial charge < -0.3 is 11.1 Å². The van der Waals surface area contributed by atoms with Crippen LogP contribution in [0, 0.1) is 0 Å². The lowest BCUT2D eigenvalue weighted by Crippen LogP contribution is -2.15. The Kier molecular flexibility index (Phi) is 3.53. The van der Waals surface area contributed by atoms with Crippen molar-refractivity contribution >= 4 is 33.9 Å². The van der Waals surface area contributed by atoms with Gasteiger partial charge in [-0.3, -0.25) is 4.68 Å². The summed E-state index contributed by atoms with van der Waals surface area (Å²) in [6, 6.07) is 11.8. The van der Waals surface area contributed by atoms with Gasteiger partial charge >= 0.3 is 0 Å². The second-order valence-electron chi connectivity index (χ2n) is 4.74. The highest BCUT2D eigenvalue weighted by Gasteiger charge is 2.09. The highest BCUT2D eigenvalue weighted by molar-refractivity contribution is 7.80. The van der Waals surface area contributed by atoms with Crippen molar-refractivity contribution in [3.63, 3.8) is 0 Å². The summed E-state index contributed by atoms with van der Waals surface area (Å²) in [5.41, 5.74) is 8.54. The number of anilines is 1. The molecule has 0 unspecified atom stereocenters. The minimum atomic E-state index is 0.334. The number of hydrogen-bond acceptors (Lipinski definition) is 4. The lowest BCUT2D eigenvalue weighted by atomic mass is 10.1. The molecule has 0 spiro atoms. The van der Waals surface area contributed by atoms with Gasteiger partial charge in [-0.2, -0.15) is 5.10 Å². The number of hydrogen-bond donors (Lipinski definition) is 2. The summed E-state index contributed by atoms with van der Waals surface area (Å²) < 4.78 is 1.81. The van der Waals surface area contributed by atoms with Crippen molar-refractivity contribution in [2.24, 2.45) is 12.8 Å². The average molecular weight is 297 g/mol. The van der Waals surface area contributed by atoms with Gasteiger partial charge in [0, 0.05) is 18.6 Å². The van der Waals surface area contributed by atoms with E-state index in [2.05, 4.69) is 15.4 Å². The monoisotopic (exact) mass is 297 g/mol. The second kappa shape index (κ2) is 5.49. The van der Waals surface area contributed by atoms with Crippen LogP contribution in [0.4, 0.5) is 5.82 Å². The second-order valence-corrected chi connectivity index (χ2v) is 5.18. The van der Waals surface area contributed by atoms with Crippen LogP contribution in [-0.4, -0.2) is 19.8 Å². The van der Waals surface area contributed by atoms with Crippen LogP contribution in [0.2, 0.25) is 0 Å². The van der Waals surface area contributed by atoms with Crippen LogP contribution in [0.15, 0.2) is 42.6 Å². The van der Waals surface area contributed by atoms with Gasteiger partial charge in [0.05, 0.1) is 23.3 Å². The zero-order chi connectivity index (χ0) is 14.8. The summed E-state index contributed by atoms with van der Waals surface area (Å²) in [7, 11) is 1.90. The molecule has 0 radical (unpaired) electrons. The molecule has 0 bridgehead atoms. The van der Waals surface area contributed by atoms with Gasteiger partial charge in [0.25, 0.3) is 0 Å². The highest BCUT2D eigenvalue weighted by atomic mass is 32.1. The number of nitrogens with zero attached hydrogens (tertiary/aromatic N) is 3. The van der Waals surface area contributed by atoms with Crippen LogP contribution in [0.25, 0.3) is 10.9 Å². The number of thiocarbonyl (C=S) groups is 1. The van der Waals surface area contributed by atoms with Crippen molar-refractivity contribution < 1.29 is 0 Å². The Hall–Kier alpha value is -2.47. The maximum absolute atomic E-state index is 5.82. The minimum Gasteiger partial charge on any atom is -0.389 e. The van der Waals surface area contributed by atoms with E-state index in [1.54, 1.807) is 6.20 Å². The molecule has 0 aliphatic carbocycles. The number of fused-ring (bicyclic) bond motifs is 1.